The van der Waals surface area contributed by atoms with Crippen LogP contribution in [0, 0.1) is 5.92 Å². The lowest BCUT2D eigenvalue weighted by molar-refractivity contribution is 0.374. The minimum absolute atomic E-state index is 0.295. The number of rotatable bonds is 3. The van der Waals surface area contributed by atoms with Crippen LogP contribution in [0.3, 0.4) is 0 Å². The summed E-state index contributed by atoms with van der Waals surface area (Å²) >= 11 is 2.12. The van der Waals surface area contributed by atoms with Crippen LogP contribution in [-0.2, 0) is 0 Å². The lowest BCUT2D eigenvalue weighted by Gasteiger charge is -2.25. The number of hydrogen-bond acceptors (Lipinski definition) is 2. The number of hydrogen-bond donors (Lipinski definition) is 1. The highest BCUT2D eigenvalue weighted by Gasteiger charge is 2.14. The van der Waals surface area contributed by atoms with Crippen LogP contribution in [0.1, 0.15) is 40.0 Å². The van der Waals surface area contributed by atoms with Crippen molar-refractivity contribution in [2.45, 2.75) is 45.6 Å². The van der Waals surface area contributed by atoms with Crippen LogP contribution in [0.4, 0.5) is 0 Å². The molecule has 1 N–H and O–H groups in total. The van der Waals surface area contributed by atoms with E-state index in [1.54, 1.807) is 0 Å². The second-order valence-corrected chi connectivity index (χ2v) is 6.25. The summed E-state index contributed by atoms with van der Waals surface area (Å²) in [5.74, 6) is 3.77. The highest BCUT2D eigenvalue weighted by molar-refractivity contribution is 7.99. The fraction of sp³-hybridized carbons (Fsp3) is 1.00. The van der Waals surface area contributed by atoms with Crippen LogP contribution >= 0.6 is 11.8 Å². The van der Waals surface area contributed by atoms with Crippen molar-refractivity contribution in [2.75, 3.05) is 18.1 Å². The Morgan fingerprint density at radius 1 is 1.23 bits per heavy atom. The molecule has 2 heteroatoms. The third kappa shape index (κ3) is 5.58. The molecule has 0 saturated carbocycles. The Balaban J connectivity index is 2.04. The van der Waals surface area contributed by atoms with Crippen molar-refractivity contribution in [3.05, 3.63) is 0 Å². The van der Waals surface area contributed by atoms with Crippen LogP contribution in [0.15, 0.2) is 0 Å². The summed E-state index contributed by atoms with van der Waals surface area (Å²) in [4.78, 5) is 0. The van der Waals surface area contributed by atoms with E-state index in [2.05, 4.69) is 37.8 Å². The smallest absolute Gasteiger partial charge is 0.00965 e. The van der Waals surface area contributed by atoms with Gasteiger partial charge in [-0.25, -0.2) is 0 Å². The molecule has 1 rings (SSSR count). The zero-order valence-electron chi connectivity index (χ0n) is 9.23. The first kappa shape index (κ1) is 11.4. The van der Waals surface area contributed by atoms with Crippen molar-refractivity contribution in [1.82, 2.24) is 5.32 Å². The van der Waals surface area contributed by atoms with Gasteiger partial charge >= 0.3 is 0 Å². The molecule has 0 aromatic heterocycles. The summed E-state index contributed by atoms with van der Waals surface area (Å²) < 4.78 is 0. The molecule has 1 aliphatic heterocycles. The summed E-state index contributed by atoms with van der Waals surface area (Å²) in [6.45, 7) is 7.91. The second kappa shape index (κ2) is 5.26. The van der Waals surface area contributed by atoms with E-state index in [0.717, 1.165) is 5.92 Å². The number of thioether (sulfide) groups is 1. The maximum atomic E-state index is 3.56. The molecule has 1 nitrogen and oxygen atoms in total. The van der Waals surface area contributed by atoms with Crippen molar-refractivity contribution >= 4 is 11.8 Å². The normalized spacial score (nSPS) is 20.5. The van der Waals surface area contributed by atoms with Gasteiger partial charge in [0.1, 0.15) is 0 Å². The van der Waals surface area contributed by atoms with E-state index in [-0.39, 0.29) is 0 Å². The van der Waals surface area contributed by atoms with Gasteiger partial charge in [-0.2, -0.15) is 11.8 Å². The predicted molar refractivity (Wildman–Crippen MR) is 62.4 cm³/mol. The van der Waals surface area contributed by atoms with Gasteiger partial charge in [-0.1, -0.05) is 0 Å². The van der Waals surface area contributed by atoms with Crippen molar-refractivity contribution in [1.29, 1.82) is 0 Å². The van der Waals surface area contributed by atoms with Gasteiger partial charge in [-0.3, -0.25) is 0 Å². The largest absolute Gasteiger partial charge is 0.312 e. The molecule has 1 aliphatic rings. The molecule has 0 amide bonds. The van der Waals surface area contributed by atoms with Gasteiger partial charge < -0.3 is 5.32 Å². The molecule has 0 unspecified atom stereocenters. The molecule has 0 aromatic carbocycles. The summed E-state index contributed by atoms with van der Waals surface area (Å²) in [7, 11) is 0. The van der Waals surface area contributed by atoms with Gasteiger partial charge in [0.25, 0.3) is 0 Å². The van der Waals surface area contributed by atoms with E-state index in [1.165, 1.54) is 37.3 Å². The van der Waals surface area contributed by atoms with Crippen LogP contribution in [0.2, 0.25) is 0 Å². The van der Waals surface area contributed by atoms with E-state index >= 15 is 0 Å². The van der Waals surface area contributed by atoms with Gasteiger partial charge in [-0.15, -0.1) is 0 Å². The van der Waals surface area contributed by atoms with E-state index in [0.29, 0.717) is 5.54 Å². The highest BCUT2D eigenvalue weighted by atomic mass is 32.2. The third-order valence-electron chi connectivity index (χ3n) is 2.55. The maximum absolute atomic E-state index is 3.56. The van der Waals surface area contributed by atoms with Gasteiger partial charge in [0.2, 0.25) is 0 Å². The molecule has 0 aliphatic carbocycles. The quantitative estimate of drug-likeness (QED) is 0.753. The lowest BCUT2D eigenvalue weighted by atomic mass is 9.98. The number of nitrogens with one attached hydrogen (secondary N) is 1. The first-order chi connectivity index (χ1) is 6.08. The van der Waals surface area contributed by atoms with E-state index in [1.807, 2.05) is 0 Å². The molecule has 1 heterocycles. The molecule has 1 fully saturated rings. The van der Waals surface area contributed by atoms with Crippen molar-refractivity contribution in [3.8, 4) is 0 Å². The lowest BCUT2D eigenvalue weighted by Crippen LogP contribution is -2.37. The van der Waals surface area contributed by atoms with E-state index in [4.69, 9.17) is 0 Å². The molecule has 0 spiro atoms. The average Bonchev–Trinajstić information content (AvgIpc) is 2.04. The van der Waals surface area contributed by atoms with Crippen LogP contribution in [-0.4, -0.2) is 23.6 Å². The molecule has 0 bridgehead atoms. The highest BCUT2D eigenvalue weighted by Crippen LogP contribution is 2.24. The Labute approximate surface area is 87.1 Å². The summed E-state index contributed by atoms with van der Waals surface area (Å²) in [5, 5.41) is 3.56. The standard InChI is InChI=1S/C11H23NS/c1-11(2,3)12-7-4-10-5-8-13-9-6-10/h10,12H,4-9H2,1-3H3. The van der Waals surface area contributed by atoms with Crippen LogP contribution < -0.4 is 5.32 Å². The molecule has 1 saturated heterocycles. The van der Waals surface area contributed by atoms with Crippen molar-refractivity contribution in [3.63, 3.8) is 0 Å². The Bertz CT molecular complexity index is 134. The third-order valence-corrected chi connectivity index (χ3v) is 3.60. The zero-order valence-corrected chi connectivity index (χ0v) is 10.0. The fourth-order valence-electron chi connectivity index (χ4n) is 1.69. The molecular formula is C11H23NS. The second-order valence-electron chi connectivity index (χ2n) is 5.02. The Morgan fingerprint density at radius 2 is 1.85 bits per heavy atom. The van der Waals surface area contributed by atoms with Crippen LogP contribution in [0.5, 0.6) is 0 Å². The summed E-state index contributed by atoms with van der Waals surface area (Å²) in [6, 6.07) is 0. The average molecular weight is 201 g/mol. The molecule has 0 atom stereocenters. The maximum Gasteiger partial charge on any atom is 0.00965 e. The van der Waals surface area contributed by atoms with Gasteiger partial charge in [0.15, 0.2) is 0 Å². The Hall–Kier alpha value is 0.310. The summed E-state index contributed by atoms with van der Waals surface area (Å²) in [5.41, 5.74) is 0.295. The van der Waals surface area contributed by atoms with Crippen LogP contribution in [0.25, 0.3) is 0 Å². The van der Waals surface area contributed by atoms with Gasteiger partial charge in [0, 0.05) is 5.54 Å². The molecule has 13 heavy (non-hydrogen) atoms. The van der Waals surface area contributed by atoms with Crippen molar-refractivity contribution in [2.24, 2.45) is 5.92 Å². The molecule has 78 valence electrons. The zero-order chi connectivity index (χ0) is 9.73. The first-order valence-corrected chi connectivity index (χ1v) is 6.56. The van der Waals surface area contributed by atoms with E-state index in [9.17, 15) is 0 Å². The Kier molecular flexibility index (Phi) is 4.60. The van der Waals surface area contributed by atoms with Crippen molar-refractivity contribution < 1.29 is 0 Å². The minimum Gasteiger partial charge on any atom is -0.312 e. The fourth-order valence-corrected chi connectivity index (χ4v) is 2.89. The Morgan fingerprint density at radius 3 is 2.38 bits per heavy atom. The molecule has 0 radical (unpaired) electrons. The summed E-state index contributed by atoms with van der Waals surface area (Å²) in [6.07, 6.45) is 4.25. The van der Waals surface area contributed by atoms with Gasteiger partial charge in [-0.05, 0) is 64.0 Å². The minimum atomic E-state index is 0.295. The first-order valence-electron chi connectivity index (χ1n) is 5.41. The SMILES string of the molecule is CC(C)(C)NCCC1CCSCC1. The molecular weight excluding hydrogens is 178 g/mol. The van der Waals surface area contributed by atoms with E-state index < -0.39 is 0 Å². The predicted octanol–water partition coefficient (Wildman–Crippen LogP) is 2.91. The monoisotopic (exact) mass is 201 g/mol. The molecule has 0 aromatic rings. The topological polar surface area (TPSA) is 12.0 Å². The van der Waals surface area contributed by atoms with Gasteiger partial charge in [0.05, 0.1) is 0 Å².